The molecule has 0 atom stereocenters. The van der Waals surface area contributed by atoms with Crippen LogP contribution in [0.15, 0.2) is 0 Å². The second kappa shape index (κ2) is 5.71. The molecule has 2 nitrogen and oxygen atoms in total. The van der Waals surface area contributed by atoms with Crippen molar-refractivity contribution in [3.63, 3.8) is 0 Å². The summed E-state index contributed by atoms with van der Waals surface area (Å²) >= 11 is 2.70. The van der Waals surface area contributed by atoms with Gasteiger partial charge in [-0.25, -0.2) is 4.79 Å². The number of hydrogen-bond donors (Lipinski definition) is 0. The van der Waals surface area contributed by atoms with Crippen molar-refractivity contribution in [3.05, 3.63) is 0 Å². The average molecular weight is 209 g/mol. The summed E-state index contributed by atoms with van der Waals surface area (Å²) in [6.45, 7) is 4.73. The summed E-state index contributed by atoms with van der Waals surface area (Å²) in [6, 6.07) is 0. The minimum absolute atomic E-state index is 0.362. The summed E-state index contributed by atoms with van der Waals surface area (Å²) in [5, 5.41) is 0. The van der Waals surface area contributed by atoms with E-state index in [9.17, 15) is 4.79 Å². The van der Waals surface area contributed by atoms with E-state index in [-0.39, 0.29) is 4.88 Å². The first-order valence-electron chi connectivity index (χ1n) is 3.52. The van der Waals surface area contributed by atoms with E-state index >= 15 is 0 Å². The molecule has 0 saturated heterocycles. The standard InChI is InChI=1S/C7H13BrO2/c1-3-6(4-2)5-10-7(8)9/h6H,3-5H2,1-2H3. The lowest BCUT2D eigenvalue weighted by Gasteiger charge is -2.09. The maximum absolute atomic E-state index is 10.3. The lowest BCUT2D eigenvalue weighted by atomic mass is 10.1. The Morgan fingerprint density at radius 2 is 2.00 bits per heavy atom. The number of halogens is 1. The predicted octanol–water partition coefficient (Wildman–Crippen LogP) is 2.95. The highest BCUT2D eigenvalue weighted by molar-refractivity contribution is 9.18. The molecule has 0 bridgehead atoms. The Bertz CT molecular complexity index is 99.8. The van der Waals surface area contributed by atoms with E-state index in [2.05, 4.69) is 29.8 Å². The van der Waals surface area contributed by atoms with E-state index in [0.717, 1.165) is 12.8 Å². The number of carbonyl (C=O) groups is 1. The van der Waals surface area contributed by atoms with Gasteiger partial charge in [-0.3, -0.25) is 0 Å². The van der Waals surface area contributed by atoms with Crippen molar-refractivity contribution in [3.8, 4) is 0 Å². The van der Waals surface area contributed by atoms with E-state index in [1.54, 1.807) is 0 Å². The van der Waals surface area contributed by atoms with Crippen LogP contribution in [0.4, 0.5) is 4.79 Å². The fourth-order valence-corrected chi connectivity index (χ4v) is 0.840. The Hall–Kier alpha value is -0.0500. The zero-order chi connectivity index (χ0) is 7.98. The Morgan fingerprint density at radius 3 is 2.30 bits per heavy atom. The Labute approximate surface area is 70.1 Å². The van der Waals surface area contributed by atoms with Gasteiger partial charge < -0.3 is 4.74 Å². The van der Waals surface area contributed by atoms with Crippen LogP contribution in [-0.2, 0) is 4.74 Å². The lowest BCUT2D eigenvalue weighted by Crippen LogP contribution is -2.08. The highest BCUT2D eigenvalue weighted by Gasteiger charge is 2.04. The molecule has 0 radical (unpaired) electrons. The van der Waals surface area contributed by atoms with Crippen molar-refractivity contribution in [2.45, 2.75) is 26.7 Å². The molecule has 60 valence electrons. The number of ether oxygens (including phenoxy) is 1. The molecular formula is C7H13BrO2. The highest BCUT2D eigenvalue weighted by atomic mass is 79.9. The Morgan fingerprint density at radius 1 is 1.50 bits per heavy atom. The largest absolute Gasteiger partial charge is 0.457 e. The third kappa shape index (κ3) is 4.79. The van der Waals surface area contributed by atoms with Gasteiger partial charge in [-0.05, 0) is 5.92 Å². The van der Waals surface area contributed by atoms with Gasteiger partial charge in [0.05, 0.1) is 6.61 Å². The van der Waals surface area contributed by atoms with E-state index in [1.165, 1.54) is 0 Å². The van der Waals surface area contributed by atoms with E-state index < -0.39 is 0 Å². The molecule has 0 aromatic heterocycles. The summed E-state index contributed by atoms with van der Waals surface area (Å²) in [5.74, 6) is 0.515. The third-order valence-electron chi connectivity index (χ3n) is 1.59. The van der Waals surface area contributed by atoms with Gasteiger partial charge in [-0.1, -0.05) is 26.7 Å². The average Bonchev–Trinajstić information content (AvgIpc) is 1.90. The van der Waals surface area contributed by atoms with E-state index in [1.807, 2.05) is 0 Å². The van der Waals surface area contributed by atoms with Crippen LogP contribution in [0.5, 0.6) is 0 Å². The van der Waals surface area contributed by atoms with Gasteiger partial charge >= 0.3 is 4.88 Å². The first-order chi connectivity index (χ1) is 4.70. The summed E-state index contributed by atoms with van der Waals surface area (Å²) < 4.78 is 4.76. The lowest BCUT2D eigenvalue weighted by molar-refractivity contribution is 0.152. The molecule has 0 heterocycles. The Balaban J connectivity index is 3.34. The van der Waals surface area contributed by atoms with E-state index in [0.29, 0.717) is 12.5 Å². The zero-order valence-electron chi connectivity index (χ0n) is 6.39. The Kier molecular flexibility index (Phi) is 5.69. The van der Waals surface area contributed by atoms with Crippen LogP contribution in [0.3, 0.4) is 0 Å². The van der Waals surface area contributed by atoms with Crippen molar-refractivity contribution in [1.29, 1.82) is 0 Å². The second-order valence-corrected chi connectivity index (χ2v) is 2.88. The molecule has 0 saturated carbocycles. The maximum Gasteiger partial charge on any atom is 0.374 e. The summed E-state index contributed by atoms with van der Waals surface area (Å²) in [7, 11) is 0. The fourth-order valence-electron chi connectivity index (χ4n) is 0.708. The smallest absolute Gasteiger partial charge is 0.374 e. The third-order valence-corrected chi connectivity index (χ3v) is 1.82. The summed E-state index contributed by atoms with van der Waals surface area (Å²) in [4.78, 5) is 9.91. The fraction of sp³-hybridized carbons (Fsp3) is 0.857. The van der Waals surface area contributed by atoms with Gasteiger partial charge in [0.2, 0.25) is 0 Å². The van der Waals surface area contributed by atoms with Crippen LogP contribution in [0.1, 0.15) is 26.7 Å². The molecule has 0 aliphatic carbocycles. The quantitative estimate of drug-likeness (QED) is 0.665. The molecule has 0 aliphatic rings. The molecule has 0 spiro atoms. The normalized spacial score (nSPS) is 10.0. The van der Waals surface area contributed by atoms with Crippen molar-refractivity contribution in [2.75, 3.05) is 6.61 Å². The zero-order valence-corrected chi connectivity index (χ0v) is 7.98. The van der Waals surface area contributed by atoms with E-state index in [4.69, 9.17) is 4.74 Å². The molecule has 0 rings (SSSR count). The van der Waals surface area contributed by atoms with Crippen LogP contribution in [0.25, 0.3) is 0 Å². The van der Waals surface area contributed by atoms with Gasteiger partial charge in [-0.2, -0.15) is 0 Å². The van der Waals surface area contributed by atoms with Crippen molar-refractivity contribution >= 4 is 20.8 Å². The van der Waals surface area contributed by atoms with Gasteiger partial charge in [0, 0.05) is 15.9 Å². The molecular weight excluding hydrogens is 196 g/mol. The first kappa shape index (κ1) is 9.95. The van der Waals surface area contributed by atoms with Gasteiger partial charge in [0.15, 0.2) is 0 Å². The predicted molar refractivity (Wildman–Crippen MR) is 44.3 cm³/mol. The SMILES string of the molecule is CCC(CC)COC(=O)Br. The van der Waals surface area contributed by atoms with Gasteiger partial charge in [-0.15, -0.1) is 0 Å². The molecule has 0 amide bonds. The molecule has 10 heavy (non-hydrogen) atoms. The number of rotatable bonds is 4. The molecule has 0 aromatic carbocycles. The van der Waals surface area contributed by atoms with Crippen molar-refractivity contribution in [2.24, 2.45) is 5.92 Å². The van der Waals surface area contributed by atoms with Crippen LogP contribution < -0.4 is 0 Å². The van der Waals surface area contributed by atoms with Crippen LogP contribution in [0, 0.1) is 5.92 Å². The van der Waals surface area contributed by atoms with Crippen LogP contribution in [-0.4, -0.2) is 11.5 Å². The van der Waals surface area contributed by atoms with Crippen LogP contribution in [0.2, 0.25) is 0 Å². The number of carbonyl (C=O) groups excluding carboxylic acids is 1. The van der Waals surface area contributed by atoms with Crippen molar-refractivity contribution < 1.29 is 9.53 Å². The highest BCUT2D eigenvalue weighted by Crippen LogP contribution is 2.08. The molecule has 0 aromatic rings. The molecule has 0 aliphatic heterocycles. The topological polar surface area (TPSA) is 26.3 Å². The first-order valence-corrected chi connectivity index (χ1v) is 4.32. The van der Waals surface area contributed by atoms with Gasteiger partial charge in [0.1, 0.15) is 0 Å². The minimum Gasteiger partial charge on any atom is -0.457 e. The molecule has 3 heteroatoms. The van der Waals surface area contributed by atoms with Crippen molar-refractivity contribution in [1.82, 2.24) is 0 Å². The summed E-state index contributed by atoms with van der Waals surface area (Å²) in [5.41, 5.74) is 0. The minimum atomic E-state index is -0.362. The molecule has 0 unspecified atom stereocenters. The van der Waals surface area contributed by atoms with Gasteiger partial charge in [0.25, 0.3) is 0 Å². The summed E-state index contributed by atoms with van der Waals surface area (Å²) in [6.07, 6.45) is 2.13. The molecule has 0 fully saturated rings. The molecule has 0 N–H and O–H groups in total. The monoisotopic (exact) mass is 208 g/mol. The second-order valence-electron chi connectivity index (χ2n) is 2.23. The van der Waals surface area contributed by atoms with Crippen LogP contribution >= 0.6 is 15.9 Å². The number of hydrogen-bond acceptors (Lipinski definition) is 2. The maximum atomic E-state index is 10.3.